The van der Waals surface area contributed by atoms with Gasteiger partial charge in [0, 0.05) is 22.4 Å². The molecule has 0 unspecified atom stereocenters. The van der Waals surface area contributed by atoms with Crippen LogP contribution in [0, 0.1) is 0 Å². The Morgan fingerprint density at radius 2 is 0.732 bits per heavy atom. The molecular weight excluding hydrogens is 855 g/mol. The molecule has 11 aromatic rings. The van der Waals surface area contributed by atoms with Crippen LogP contribution in [0.15, 0.2) is 273 Å². The molecule has 0 radical (unpaired) electrons. The van der Waals surface area contributed by atoms with Crippen LogP contribution in [-0.2, 0) is 10.8 Å². The number of benzene rings is 11. The predicted octanol–water partition coefficient (Wildman–Crippen LogP) is 18.5. The smallest absolute Gasteiger partial charge is 0.0713 e. The van der Waals surface area contributed by atoms with Gasteiger partial charge in [0.15, 0.2) is 0 Å². The Balaban J connectivity index is 1.05. The van der Waals surface area contributed by atoms with Crippen molar-refractivity contribution in [2.24, 2.45) is 0 Å². The molecule has 0 N–H and O–H groups in total. The third-order valence-corrected chi connectivity index (χ3v) is 15.4. The van der Waals surface area contributed by atoms with Crippen LogP contribution in [0.5, 0.6) is 0 Å². The zero-order valence-corrected chi connectivity index (χ0v) is 39.9. The average molecular weight is 906 g/mol. The fraction of sp³-hybridized carbons (Fsp3) is 0.0571. The summed E-state index contributed by atoms with van der Waals surface area (Å²) in [6.07, 6.45) is 0. The topological polar surface area (TPSA) is 3.24 Å². The number of anilines is 3. The summed E-state index contributed by atoms with van der Waals surface area (Å²) in [4.78, 5) is 2.50. The lowest BCUT2D eigenvalue weighted by molar-refractivity contribution is 0.660. The summed E-state index contributed by atoms with van der Waals surface area (Å²) in [6.45, 7) is 4.72. The third-order valence-electron chi connectivity index (χ3n) is 15.4. The molecule has 0 saturated heterocycles. The molecule has 1 heteroatoms. The number of rotatable bonds is 9. The van der Waals surface area contributed by atoms with Crippen LogP contribution in [0.2, 0.25) is 0 Å². The van der Waals surface area contributed by atoms with Crippen molar-refractivity contribution in [3.8, 4) is 66.8 Å². The Labute approximate surface area is 417 Å². The van der Waals surface area contributed by atoms with Crippen molar-refractivity contribution in [3.05, 3.63) is 306 Å². The van der Waals surface area contributed by atoms with E-state index in [0.29, 0.717) is 0 Å². The summed E-state index contributed by atoms with van der Waals surface area (Å²) >= 11 is 0. The number of nitrogens with zero attached hydrogens (tertiary/aromatic N) is 1. The first-order valence-electron chi connectivity index (χ1n) is 24.8. The second-order valence-electron chi connectivity index (χ2n) is 19.5. The fourth-order valence-corrected chi connectivity index (χ4v) is 12.1. The largest absolute Gasteiger partial charge is 0.310 e. The first kappa shape index (κ1) is 42.3. The minimum atomic E-state index is -0.502. The lowest BCUT2D eigenvalue weighted by atomic mass is 9.68. The maximum atomic E-state index is 2.50. The summed E-state index contributed by atoms with van der Waals surface area (Å²) in [5.74, 6) is 0. The van der Waals surface area contributed by atoms with Gasteiger partial charge in [-0.1, -0.05) is 250 Å². The van der Waals surface area contributed by atoms with E-state index in [1.165, 1.54) is 100 Å². The maximum absolute atomic E-state index is 2.50. The fourth-order valence-electron chi connectivity index (χ4n) is 12.1. The van der Waals surface area contributed by atoms with Crippen molar-refractivity contribution < 1.29 is 0 Å². The highest BCUT2D eigenvalue weighted by atomic mass is 15.1. The number of hydrogen-bond acceptors (Lipinski definition) is 1. The summed E-state index contributed by atoms with van der Waals surface area (Å²) < 4.78 is 0. The minimum Gasteiger partial charge on any atom is -0.310 e. The van der Waals surface area contributed by atoms with E-state index in [1.54, 1.807) is 0 Å². The van der Waals surface area contributed by atoms with Gasteiger partial charge in [0.1, 0.15) is 0 Å². The summed E-state index contributed by atoms with van der Waals surface area (Å²) in [5.41, 5.74) is 25.2. The van der Waals surface area contributed by atoms with Crippen LogP contribution < -0.4 is 4.90 Å². The van der Waals surface area contributed by atoms with Crippen LogP contribution >= 0.6 is 0 Å². The van der Waals surface area contributed by atoms with E-state index in [4.69, 9.17) is 0 Å². The zero-order chi connectivity index (χ0) is 47.5. The van der Waals surface area contributed by atoms with Gasteiger partial charge in [-0.25, -0.2) is 0 Å². The van der Waals surface area contributed by atoms with Gasteiger partial charge in [0.05, 0.1) is 11.1 Å². The molecule has 0 fully saturated rings. The van der Waals surface area contributed by atoms with E-state index in [1.807, 2.05) is 0 Å². The molecular formula is C70H51N. The number of hydrogen-bond donors (Lipinski definition) is 0. The molecule has 0 heterocycles. The van der Waals surface area contributed by atoms with E-state index < -0.39 is 5.41 Å². The minimum absolute atomic E-state index is 0.0836. The second-order valence-corrected chi connectivity index (χ2v) is 19.5. The first-order valence-corrected chi connectivity index (χ1v) is 24.8. The SMILES string of the molecule is CC1(C)c2ccccc2-c2ccc(-c3ccc(N(c4ccc5c(c4)-c4ccccc4C5(c4ccccc4)c4ccccc4)c4cccc(-c5ccccc5)c4-c4ccccc4-c4ccccc4)cc3)cc21. The van der Waals surface area contributed by atoms with Crippen LogP contribution in [0.1, 0.15) is 47.2 Å². The quantitative estimate of drug-likeness (QED) is 0.139. The third kappa shape index (κ3) is 6.76. The molecule has 0 aliphatic heterocycles. The Hall–Kier alpha value is -8.78. The second kappa shape index (κ2) is 17.0. The molecule has 0 atom stereocenters. The Kier molecular flexibility index (Phi) is 10.1. The lowest BCUT2D eigenvalue weighted by Gasteiger charge is -2.34. The molecule has 13 rings (SSSR count). The van der Waals surface area contributed by atoms with Crippen molar-refractivity contribution in [1.29, 1.82) is 0 Å². The van der Waals surface area contributed by atoms with E-state index in [0.717, 1.165) is 17.1 Å². The molecule has 71 heavy (non-hydrogen) atoms. The van der Waals surface area contributed by atoms with Crippen molar-refractivity contribution >= 4 is 17.1 Å². The van der Waals surface area contributed by atoms with Gasteiger partial charge in [0.2, 0.25) is 0 Å². The lowest BCUT2D eigenvalue weighted by Crippen LogP contribution is -2.28. The predicted molar refractivity (Wildman–Crippen MR) is 298 cm³/mol. The maximum Gasteiger partial charge on any atom is 0.0713 e. The van der Waals surface area contributed by atoms with Gasteiger partial charge in [0.25, 0.3) is 0 Å². The van der Waals surface area contributed by atoms with Gasteiger partial charge in [-0.2, -0.15) is 0 Å². The van der Waals surface area contributed by atoms with Crippen molar-refractivity contribution in [2.75, 3.05) is 4.90 Å². The molecule has 0 aromatic heterocycles. The van der Waals surface area contributed by atoms with E-state index in [9.17, 15) is 0 Å². The Morgan fingerprint density at radius 3 is 1.38 bits per heavy atom. The summed E-state index contributed by atoms with van der Waals surface area (Å²) in [6, 6.07) is 101. The summed E-state index contributed by atoms with van der Waals surface area (Å²) in [5, 5.41) is 0. The van der Waals surface area contributed by atoms with Crippen molar-refractivity contribution in [3.63, 3.8) is 0 Å². The molecule has 1 nitrogen and oxygen atoms in total. The van der Waals surface area contributed by atoms with Crippen LogP contribution in [-0.4, -0.2) is 0 Å². The van der Waals surface area contributed by atoms with Crippen LogP contribution in [0.4, 0.5) is 17.1 Å². The molecule has 0 spiro atoms. The molecule has 0 bridgehead atoms. The van der Waals surface area contributed by atoms with Crippen LogP contribution in [0.3, 0.4) is 0 Å². The van der Waals surface area contributed by atoms with Gasteiger partial charge < -0.3 is 4.90 Å². The first-order chi connectivity index (χ1) is 35.0. The molecule has 11 aromatic carbocycles. The number of fused-ring (bicyclic) bond motifs is 6. The van der Waals surface area contributed by atoms with E-state index >= 15 is 0 Å². The average Bonchev–Trinajstić information content (AvgIpc) is 3.87. The Bertz CT molecular complexity index is 3720. The van der Waals surface area contributed by atoms with Gasteiger partial charge in [-0.3, -0.25) is 0 Å². The molecule has 2 aliphatic rings. The van der Waals surface area contributed by atoms with E-state index in [2.05, 4.69) is 292 Å². The highest BCUT2D eigenvalue weighted by Crippen LogP contribution is 2.58. The van der Waals surface area contributed by atoms with Crippen molar-refractivity contribution in [1.82, 2.24) is 0 Å². The zero-order valence-electron chi connectivity index (χ0n) is 39.9. The van der Waals surface area contributed by atoms with Crippen molar-refractivity contribution in [2.45, 2.75) is 24.7 Å². The molecule has 0 amide bonds. The van der Waals surface area contributed by atoms with Crippen LogP contribution in [0.25, 0.3) is 66.8 Å². The standard InChI is InChI=1S/C70H51N/c1-69(2)63-35-19-17-31-58(63)60-44-40-51(46-66(60)69)48-38-41-54(42-39-48)71(67-37-21-34-57(50-24-9-4-10-25-50)68(67)61-33-16-15-30-56(61)49-22-7-3-8-23-49)55-43-45-65-62(47-55)59-32-18-20-36-64(59)70(65,52-26-11-5-12-27-52)53-28-13-6-14-29-53/h3-47H,1-2H3. The molecule has 2 aliphatic carbocycles. The highest BCUT2D eigenvalue weighted by Gasteiger charge is 2.46. The van der Waals surface area contributed by atoms with Gasteiger partial charge in [-0.05, 0) is 131 Å². The Morgan fingerprint density at radius 1 is 0.268 bits per heavy atom. The van der Waals surface area contributed by atoms with E-state index in [-0.39, 0.29) is 5.41 Å². The van der Waals surface area contributed by atoms with Gasteiger partial charge in [-0.15, -0.1) is 0 Å². The molecule has 336 valence electrons. The van der Waals surface area contributed by atoms with Gasteiger partial charge >= 0.3 is 0 Å². The molecule has 0 saturated carbocycles. The summed E-state index contributed by atoms with van der Waals surface area (Å²) in [7, 11) is 0. The monoisotopic (exact) mass is 905 g/mol. The highest BCUT2D eigenvalue weighted by molar-refractivity contribution is 6.02. The normalized spacial score (nSPS) is 13.4.